The molecule has 0 bridgehead atoms. The molecule has 0 spiro atoms. The van der Waals surface area contributed by atoms with E-state index in [1.165, 1.54) is 0 Å². The zero-order valence-electron chi connectivity index (χ0n) is 13.7. The second kappa shape index (κ2) is 9.98. The fourth-order valence-corrected chi connectivity index (χ4v) is 2.54. The van der Waals surface area contributed by atoms with Crippen molar-refractivity contribution in [1.82, 2.24) is 4.90 Å². The molecule has 1 heterocycles. The molecular weight excluding hydrogens is 337 g/mol. The Bertz CT molecular complexity index is 468. The molecule has 1 aliphatic rings. The van der Waals surface area contributed by atoms with Crippen LogP contribution in [0.5, 0.6) is 0 Å². The van der Waals surface area contributed by atoms with Crippen molar-refractivity contribution in [3.63, 3.8) is 0 Å². The van der Waals surface area contributed by atoms with E-state index in [2.05, 4.69) is 17.0 Å². The number of para-hydroxylation sites is 1. The number of ether oxygens (including phenoxy) is 1. The second-order valence-electron chi connectivity index (χ2n) is 5.75. The third-order valence-corrected chi connectivity index (χ3v) is 4.13. The molecule has 1 aromatic rings. The van der Waals surface area contributed by atoms with E-state index >= 15 is 0 Å². The molecule has 1 saturated heterocycles. The summed E-state index contributed by atoms with van der Waals surface area (Å²) in [6, 6.07) is 10.1. The number of likely N-dealkylation sites (N-methyl/N-ethyl adjacent to an activating group) is 2. The van der Waals surface area contributed by atoms with Gasteiger partial charge < -0.3 is 20.3 Å². The Labute approximate surface area is 151 Å². The number of anilines is 1. The van der Waals surface area contributed by atoms with E-state index in [0.29, 0.717) is 32.6 Å². The first kappa shape index (κ1) is 22.0. The monoisotopic (exact) mass is 363 g/mol. The van der Waals surface area contributed by atoms with E-state index in [0.717, 1.165) is 12.2 Å². The minimum Gasteiger partial charge on any atom is -0.381 e. The number of carbonyl (C=O) groups is 1. The number of carbonyl (C=O) groups excluding carboxylic acids is 1. The van der Waals surface area contributed by atoms with Crippen LogP contribution in [0.1, 0.15) is 12.8 Å². The van der Waals surface area contributed by atoms with Gasteiger partial charge in [0, 0.05) is 46.1 Å². The smallest absolute Gasteiger partial charge is 0.242 e. The highest BCUT2D eigenvalue weighted by Gasteiger charge is 2.37. The van der Waals surface area contributed by atoms with E-state index in [4.69, 9.17) is 10.5 Å². The predicted octanol–water partition coefficient (Wildman–Crippen LogP) is 1.93. The molecule has 1 fully saturated rings. The number of hydrogen-bond acceptors (Lipinski definition) is 4. The number of rotatable bonds is 5. The third kappa shape index (κ3) is 5.84. The van der Waals surface area contributed by atoms with Crippen molar-refractivity contribution in [1.29, 1.82) is 0 Å². The van der Waals surface area contributed by atoms with Gasteiger partial charge in [0.2, 0.25) is 5.91 Å². The van der Waals surface area contributed by atoms with Crippen molar-refractivity contribution in [2.24, 2.45) is 5.73 Å². The molecule has 1 aliphatic heterocycles. The van der Waals surface area contributed by atoms with Crippen molar-refractivity contribution >= 4 is 36.4 Å². The van der Waals surface area contributed by atoms with Crippen LogP contribution in [0.4, 0.5) is 5.69 Å². The normalized spacial score (nSPS) is 15.8. The van der Waals surface area contributed by atoms with Crippen molar-refractivity contribution in [3.05, 3.63) is 30.3 Å². The summed E-state index contributed by atoms with van der Waals surface area (Å²) in [5, 5.41) is 0. The molecule has 1 amide bonds. The molecule has 132 valence electrons. The van der Waals surface area contributed by atoms with E-state index in [1.807, 2.05) is 32.3 Å². The lowest BCUT2D eigenvalue weighted by atomic mass is 9.90. The maximum Gasteiger partial charge on any atom is 0.242 e. The van der Waals surface area contributed by atoms with Gasteiger partial charge in [-0.3, -0.25) is 4.79 Å². The van der Waals surface area contributed by atoms with Crippen LogP contribution in [0.15, 0.2) is 30.3 Å². The summed E-state index contributed by atoms with van der Waals surface area (Å²) in [5.74, 6) is 0.0206. The largest absolute Gasteiger partial charge is 0.381 e. The van der Waals surface area contributed by atoms with E-state index < -0.39 is 5.54 Å². The molecular formula is C16H27Cl2N3O2. The summed E-state index contributed by atoms with van der Waals surface area (Å²) in [5.41, 5.74) is 6.63. The molecule has 7 heteroatoms. The molecule has 0 saturated carbocycles. The van der Waals surface area contributed by atoms with Crippen LogP contribution < -0.4 is 10.6 Å². The lowest BCUT2D eigenvalue weighted by Crippen LogP contribution is -2.57. The van der Waals surface area contributed by atoms with Gasteiger partial charge in [-0.1, -0.05) is 18.2 Å². The summed E-state index contributed by atoms with van der Waals surface area (Å²) in [4.78, 5) is 16.4. The topological polar surface area (TPSA) is 58.8 Å². The number of halogens is 2. The van der Waals surface area contributed by atoms with Gasteiger partial charge in [-0.05, 0) is 25.0 Å². The van der Waals surface area contributed by atoms with Crippen LogP contribution in [0.3, 0.4) is 0 Å². The maximum atomic E-state index is 12.5. The summed E-state index contributed by atoms with van der Waals surface area (Å²) in [6.07, 6.45) is 1.20. The van der Waals surface area contributed by atoms with Crippen molar-refractivity contribution in [2.75, 3.05) is 45.3 Å². The van der Waals surface area contributed by atoms with Crippen LogP contribution in [-0.2, 0) is 9.53 Å². The molecule has 0 unspecified atom stereocenters. The minimum absolute atomic E-state index is 0. The number of hydrogen-bond donors (Lipinski definition) is 1. The van der Waals surface area contributed by atoms with Crippen molar-refractivity contribution in [3.8, 4) is 0 Å². The second-order valence-corrected chi connectivity index (χ2v) is 5.75. The van der Waals surface area contributed by atoms with Gasteiger partial charge in [0.15, 0.2) is 0 Å². The summed E-state index contributed by atoms with van der Waals surface area (Å²) in [7, 11) is 3.85. The lowest BCUT2D eigenvalue weighted by Gasteiger charge is -2.35. The fourth-order valence-electron chi connectivity index (χ4n) is 2.54. The summed E-state index contributed by atoms with van der Waals surface area (Å²) in [6.45, 7) is 2.57. The molecule has 1 aromatic carbocycles. The number of nitrogens with zero attached hydrogens (tertiary/aromatic N) is 2. The first-order valence-corrected chi connectivity index (χ1v) is 7.41. The fraction of sp³-hybridized carbons (Fsp3) is 0.562. The summed E-state index contributed by atoms with van der Waals surface area (Å²) >= 11 is 0. The minimum atomic E-state index is -0.752. The molecule has 0 radical (unpaired) electrons. The highest BCUT2D eigenvalue weighted by Crippen LogP contribution is 2.20. The van der Waals surface area contributed by atoms with Crippen molar-refractivity contribution in [2.45, 2.75) is 18.4 Å². The molecule has 23 heavy (non-hydrogen) atoms. The van der Waals surface area contributed by atoms with Gasteiger partial charge in [0.1, 0.15) is 0 Å². The highest BCUT2D eigenvalue weighted by molar-refractivity contribution is 5.86. The van der Waals surface area contributed by atoms with Crippen molar-refractivity contribution < 1.29 is 9.53 Å². The van der Waals surface area contributed by atoms with Crippen LogP contribution in [0.25, 0.3) is 0 Å². The number of amides is 1. The van der Waals surface area contributed by atoms with E-state index in [1.54, 1.807) is 4.90 Å². The first-order valence-electron chi connectivity index (χ1n) is 7.41. The molecule has 0 aliphatic carbocycles. The maximum absolute atomic E-state index is 12.5. The molecule has 2 N–H and O–H groups in total. The Balaban J connectivity index is 0.00000242. The predicted molar refractivity (Wildman–Crippen MR) is 98.8 cm³/mol. The Kier molecular flexibility index (Phi) is 9.54. The van der Waals surface area contributed by atoms with Gasteiger partial charge in [-0.2, -0.15) is 0 Å². The SMILES string of the molecule is CN(CCN(C)c1ccccc1)C(=O)C1(N)CCOCC1.Cl.Cl. The molecule has 0 aromatic heterocycles. The zero-order valence-corrected chi connectivity index (χ0v) is 15.4. The standard InChI is InChI=1S/C16H25N3O2.2ClH/c1-18(14-6-4-3-5-7-14)10-11-19(2)15(20)16(17)8-12-21-13-9-16;;/h3-7H,8-13,17H2,1-2H3;2*1H. The van der Waals surface area contributed by atoms with E-state index in [-0.39, 0.29) is 30.7 Å². The molecule has 2 rings (SSSR count). The van der Waals surface area contributed by atoms with Crippen LogP contribution in [-0.4, -0.2) is 56.7 Å². The molecule has 5 nitrogen and oxygen atoms in total. The van der Waals surface area contributed by atoms with Gasteiger partial charge in [-0.25, -0.2) is 0 Å². The Hall–Kier alpha value is -1.01. The Morgan fingerprint density at radius 1 is 1.13 bits per heavy atom. The van der Waals surface area contributed by atoms with E-state index in [9.17, 15) is 4.79 Å². The van der Waals surface area contributed by atoms with Gasteiger partial charge in [0.25, 0.3) is 0 Å². The van der Waals surface area contributed by atoms with Crippen LogP contribution in [0, 0.1) is 0 Å². The zero-order chi connectivity index (χ0) is 15.3. The third-order valence-electron chi connectivity index (χ3n) is 4.13. The van der Waals surface area contributed by atoms with Gasteiger partial charge in [-0.15, -0.1) is 24.8 Å². The average Bonchev–Trinajstić information content (AvgIpc) is 2.53. The Morgan fingerprint density at radius 2 is 1.70 bits per heavy atom. The molecule has 0 atom stereocenters. The quantitative estimate of drug-likeness (QED) is 0.868. The lowest BCUT2D eigenvalue weighted by molar-refractivity contribution is -0.139. The van der Waals surface area contributed by atoms with Crippen LogP contribution in [0.2, 0.25) is 0 Å². The first-order chi connectivity index (χ1) is 10.0. The average molecular weight is 364 g/mol. The number of benzene rings is 1. The van der Waals surface area contributed by atoms with Gasteiger partial charge >= 0.3 is 0 Å². The number of nitrogens with two attached hydrogens (primary N) is 1. The Morgan fingerprint density at radius 3 is 2.26 bits per heavy atom. The highest BCUT2D eigenvalue weighted by atomic mass is 35.5. The van der Waals surface area contributed by atoms with Crippen LogP contribution >= 0.6 is 24.8 Å². The van der Waals surface area contributed by atoms with Gasteiger partial charge in [0.05, 0.1) is 5.54 Å². The summed E-state index contributed by atoms with van der Waals surface area (Å²) < 4.78 is 5.29.